The fourth-order valence-corrected chi connectivity index (χ4v) is 2.17. The zero-order valence-electron chi connectivity index (χ0n) is 6.40. The van der Waals surface area contributed by atoms with Gasteiger partial charge in [0, 0.05) is 0 Å². The Morgan fingerprint density at radius 2 is 2.30 bits per heavy atom. The number of hydrogen-bond donors (Lipinski definition) is 0. The minimum atomic E-state index is 0.904. The van der Waals surface area contributed by atoms with Gasteiger partial charge in [0.2, 0.25) is 0 Å². The van der Waals surface area contributed by atoms with Crippen LogP contribution >= 0.6 is 0 Å². The van der Waals surface area contributed by atoms with Gasteiger partial charge in [0.15, 0.2) is 0 Å². The van der Waals surface area contributed by atoms with Gasteiger partial charge in [-0.25, -0.2) is 0 Å². The van der Waals surface area contributed by atoms with Crippen LogP contribution in [0, 0.1) is 5.92 Å². The second-order valence-electron chi connectivity index (χ2n) is 3.43. The molecule has 1 unspecified atom stereocenters. The Morgan fingerprint density at radius 1 is 1.40 bits per heavy atom. The van der Waals surface area contributed by atoms with Crippen LogP contribution < -0.4 is 0 Å². The Balaban J connectivity index is 2.27. The molecule has 2 aliphatic rings. The number of hydrogen-bond acceptors (Lipinski definition) is 0. The minimum absolute atomic E-state index is 0.904. The summed E-state index contributed by atoms with van der Waals surface area (Å²) >= 11 is 0. The van der Waals surface area contributed by atoms with Crippen LogP contribution in [0.2, 0.25) is 0 Å². The Kier molecular flexibility index (Phi) is 1.40. The lowest BCUT2D eigenvalue weighted by atomic mass is 9.89. The number of rotatable bonds is 0. The highest BCUT2D eigenvalue weighted by atomic mass is 14.3. The second-order valence-corrected chi connectivity index (χ2v) is 3.43. The molecule has 0 radical (unpaired) electrons. The predicted octanol–water partition coefficient (Wildman–Crippen LogP) is 3.06. The van der Waals surface area contributed by atoms with E-state index in [9.17, 15) is 0 Å². The third-order valence-electron chi connectivity index (χ3n) is 2.76. The molecular formula is C10H14. The molecule has 54 valence electrons. The fraction of sp³-hybridized carbons (Fsp3) is 0.600. The molecule has 0 nitrogen and oxygen atoms in total. The maximum absolute atomic E-state index is 4.07. The van der Waals surface area contributed by atoms with Crippen molar-refractivity contribution in [3.05, 3.63) is 23.8 Å². The molecule has 2 rings (SSSR count). The first-order valence-corrected chi connectivity index (χ1v) is 4.26. The third kappa shape index (κ3) is 0.828. The van der Waals surface area contributed by atoms with Crippen molar-refractivity contribution in [1.82, 2.24) is 0 Å². The van der Waals surface area contributed by atoms with Crippen molar-refractivity contribution >= 4 is 0 Å². The smallest absolute Gasteiger partial charge is 0.0159 e. The molecule has 1 fully saturated rings. The van der Waals surface area contributed by atoms with Gasteiger partial charge in [-0.3, -0.25) is 0 Å². The summed E-state index contributed by atoms with van der Waals surface area (Å²) in [6, 6.07) is 0. The van der Waals surface area contributed by atoms with E-state index in [-0.39, 0.29) is 0 Å². The first kappa shape index (κ1) is 6.21. The summed E-state index contributed by atoms with van der Waals surface area (Å²) in [5.41, 5.74) is 3.02. The molecule has 0 spiro atoms. The van der Waals surface area contributed by atoms with Crippen molar-refractivity contribution in [3.8, 4) is 0 Å². The average molecular weight is 134 g/mol. The fourth-order valence-electron chi connectivity index (χ4n) is 2.17. The van der Waals surface area contributed by atoms with E-state index < -0.39 is 0 Å². The van der Waals surface area contributed by atoms with Gasteiger partial charge in [0.1, 0.15) is 0 Å². The molecule has 1 atom stereocenters. The SMILES string of the molecule is C=C1CCC2CCCC=C12. The highest BCUT2D eigenvalue weighted by Gasteiger charge is 2.25. The van der Waals surface area contributed by atoms with E-state index in [1.807, 2.05) is 0 Å². The molecule has 0 aromatic heterocycles. The third-order valence-corrected chi connectivity index (χ3v) is 2.76. The van der Waals surface area contributed by atoms with E-state index in [1.165, 1.54) is 37.7 Å². The first-order valence-electron chi connectivity index (χ1n) is 4.26. The van der Waals surface area contributed by atoms with E-state index in [0.717, 1.165) is 5.92 Å². The molecule has 0 bridgehead atoms. The van der Waals surface area contributed by atoms with Gasteiger partial charge in [-0.05, 0) is 43.6 Å². The summed E-state index contributed by atoms with van der Waals surface area (Å²) in [4.78, 5) is 0. The zero-order valence-corrected chi connectivity index (χ0v) is 6.40. The minimum Gasteiger partial charge on any atom is -0.0956 e. The highest BCUT2D eigenvalue weighted by Crippen LogP contribution is 2.40. The maximum Gasteiger partial charge on any atom is -0.0159 e. The van der Waals surface area contributed by atoms with Crippen LogP contribution in [-0.4, -0.2) is 0 Å². The molecule has 0 N–H and O–H groups in total. The van der Waals surface area contributed by atoms with Crippen molar-refractivity contribution in [2.24, 2.45) is 5.92 Å². The molecule has 0 aromatic rings. The van der Waals surface area contributed by atoms with E-state index in [1.54, 1.807) is 5.57 Å². The van der Waals surface area contributed by atoms with Gasteiger partial charge in [-0.1, -0.05) is 18.2 Å². The van der Waals surface area contributed by atoms with E-state index in [2.05, 4.69) is 12.7 Å². The predicted molar refractivity (Wildman–Crippen MR) is 43.8 cm³/mol. The molecule has 0 amide bonds. The van der Waals surface area contributed by atoms with Crippen LogP contribution in [0.4, 0.5) is 0 Å². The highest BCUT2D eigenvalue weighted by molar-refractivity contribution is 5.36. The van der Waals surface area contributed by atoms with Gasteiger partial charge < -0.3 is 0 Å². The lowest BCUT2D eigenvalue weighted by Crippen LogP contribution is -2.01. The zero-order chi connectivity index (χ0) is 6.97. The second kappa shape index (κ2) is 2.26. The van der Waals surface area contributed by atoms with Gasteiger partial charge in [-0.2, -0.15) is 0 Å². The van der Waals surface area contributed by atoms with Crippen LogP contribution in [0.25, 0.3) is 0 Å². The normalized spacial score (nSPS) is 31.8. The summed E-state index contributed by atoms with van der Waals surface area (Å²) < 4.78 is 0. The quantitative estimate of drug-likeness (QED) is 0.477. The summed E-state index contributed by atoms with van der Waals surface area (Å²) in [6.45, 7) is 4.07. The largest absolute Gasteiger partial charge is 0.0956 e. The number of fused-ring (bicyclic) bond motifs is 1. The Hall–Kier alpha value is -0.520. The first-order chi connectivity index (χ1) is 4.88. The Labute approximate surface area is 62.6 Å². The average Bonchev–Trinajstić information content (AvgIpc) is 2.34. The van der Waals surface area contributed by atoms with Crippen LogP contribution in [0.15, 0.2) is 23.8 Å². The number of allylic oxidation sites excluding steroid dienone is 3. The van der Waals surface area contributed by atoms with Crippen molar-refractivity contribution < 1.29 is 0 Å². The molecule has 1 saturated carbocycles. The van der Waals surface area contributed by atoms with Crippen LogP contribution in [-0.2, 0) is 0 Å². The molecule has 0 aliphatic heterocycles. The summed E-state index contributed by atoms with van der Waals surface area (Å²) in [5, 5.41) is 0. The van der Waals surface area contributed by atoms with E-state index in [4.69, 9.17) is 0 Å². The molecule has 2 aliphatic carbocycles. The van der Waals surface area contributed by atoms with Gasteiger partial charge in [-0.15, -0.1) is 0 Å². The van der Waals surface area contributed by atoms with Crippen molar-refractivity contribution in [3.63, 3.8) is 0 Å². The van der Waals surface area contributed by atoms with Crippen LogP contribution in [0.1, 0.15) is 32.1 Å². The standard InChI is InChI=1S/C10H14/c1-8-6-7-9-4-2-3-5-10(8)9/h5,9H,1-4,6-7H2. The van der Waals surface area contributed by atoms with Gasteiger partial charge in [0.05, 0.1) is 0 Å². The van der Waals surface area contributed by atoms with Crippen LogP contribution in [0.3, 0.4) is 0 Å². The van der Waals surface area contributed by atoms with Crippen molar-refractivity contribution in [1.29, 1.82) is 0 Å². The Bertz CT molecular complexity index is 186. The summed E-state index contributed by atoms with van der Waals surface area (Å²) in [6.07, 6.45) is 9.17. The molecule has 0 heterocycles. The maximum atomic E-state index is 4.07. The Morgan fingerprint density at radius 3 is 3.10 bits per heavy atom. The van der Waals surface area contributed by atoms with Crippen LogP contribution in [0.5, 0.6) is 0 Å². The van der Waals surface area contributed by atoms with E-state index in [0.29, 0.717) is 0 Å². The monoisotopic (exact) mass is 134 g/mol. The van der Waals surface area contributed by atoms with E-state index >= 15 is 0 Å². The van der Waals surface area contributed by atoms with Gasteiger partial charge in [0.25, 0.3) is 0 Å². The molecular weight excluding hydrogens is 120 g/mol. The lowest BCUT2D eigenvalue weighted by Gasteiger charge is -2.16. The topological polar surface area (TPSA) is 0 Å². The molecule has 0 heteroatoms. The summed E-state index contributed by atoms with van der Waals surface area (Å²) in [7, 11) is 0. The lowest BCUT2D eigenvalue weighted by molar-refractivity contribution is 0.526. The van der Waals surface area contributed by atoms with Crippen molar-refractivity contribution in [2.45, 2.75) is 32.1 Å². The summed E-state index contributed by atoms with van der Waals surface area (Å²) in [5.74, 6) is 0.904. The van der Waals surface area contributed by atoms with Crippen molar-refractivity contribution in [2.75, 3.05) is 0 Å². The molecule has 0 saturated heterocycles. The molecule has 10 heavy (non-hydrogen) atoms. The van der Waals surface area contributed by atoms with Gasteiger partial charge >= 0.3 is 0 Å². The molecule has 0 aromatic carbocycles.